The summed E-state index contributed by atoms with van der Waals surface area (Å²) in [4.78, 5) is 13.6. The van der Waals surface area contributed by atoms with Crippen LogP contribution >= 0.6 is 15.9 Å². The molecule has 1 amide bonds. The molecule has 1 aliphatic rings. The molecule has 17 heavy (non-hydrogen) atoms. The predicted octanol–water partition coefficient (Wildman–Crippen LogP) is 2.77. The number of hydrogen-bond donors (Lipinski definition) is 1. The van der Waals surface area contributed by atoms with E-state index in [-0.39, 0.29) is 5.91 Å². The van der Waals surface area contributed by atoms with Gasteiger partial charge in [0.15, 0.2) is 0 Å². The second kappa shape index (κ2) is 4.87. The van der Waals surface area contributed by atoms with Gasteiger partial charge < -0.3 is 10.1 Å². The Labute approximate surface area is 108 Å². The van der Waals surface area contributed by atoms with Crippen molar-refractivity contribution in [2.24, 2.45) is 5.16 Å². The van der Waals surface area contributed by atoms with Crippen molar-refractivity contribution >= 4 is 33.2 Å². The lowest BCUT2D eigenvalue weighted by molar-refractivity contribution is -0.118. The van der Waals surface area contributed by atoms with Gasteiger partial charge in [-0.1, -0.05) is 28.0 Å². The van der Waals surface area contributed by atoms with Crippen molar-refractivity contribution in [3.8, 4) is 0 Å². The fourth-order valence-corrected chi connectivity index (χ4v) is 2.36. The number of amides is 1. The van der Waals surface area contributed by atoms with Gasteiger partial charge in [0.2, 0.25) is 5.91 Å². The van der Waals surface area contributed by atoms with Crippen LogP contribution in [0.4, 0.5) is 5.69 Å². The Hall–Kier alpha value is -1.36. The average Bonchev–Trinajstić information content (AvgIpc) is 2.36. The molecule has 0 atom stereocenters. The quantitative estimate of drug-likeness (QED) is 0.640. The lowest BCUT2D eigenvalue weighted by Gasteiger charge is -2.29. The Balaban J connectivity index is 2.51. The standard InChI is InChI=1S/C12H13BrN2O2/c1-2-12(16)15-6-5-10(14-17)9-7-8(13)3-4-11(9)15/h3-4,7,17H,2,5-6H2,1H3/b14-10-. The summed E-state index contributed by atoms with van der Waals surface area (Å²) < 4.78 is 0.906. The number of anilines is 1. The van der Waals surface area contributed by atoms with Crippen LogP contribution in [0.15, 0.2) is 27.8 Å². The number of carbonyl (C=O) groups excluding carboxylic acids is 1. The number of nitrogens with zero attached hydrogens (tertiary/aromatic N) is 2. The zero-order chi connectivity index (χ0) is 12.4. The Morgan fingerprint density at radius 2 is 2.35 bits per heavy atom. The van der Waals surface area contributed by atoms with E-state index in [0.717, 1.165) is 15.7 Å². The largest absolute Gasteiger partial charge is 0.411 e. The maximum atomic E-state index is 11.8. The van der Waals surface area contributed by atoms with Gasteiger partial charge in [-0.15, -0.1) is 0 Å². The zero-order valence-corrected chi connectivity index (χ0v) is 11.1. The molecule has 0 fully saturated rings. The first kappa shape index (κ1) is 12.1. The van der Waals surface area contributed by atoms with Gasteiger partial charge in [0.05, 0.1) is 11.4 Å². The summed E-state index contributed by atoms with van der Waals surface area (Å²) in [6.45, 7) is 2.41. The number of rotatable bonds is 1. The van der Waals surface area contributed by atoms with Crippen LogP contribution in [0.3, 0.4) is 0 Å². The summed E-state index contributed by atoms with van der Waals surface area (Å²) in [5.41, 5.74) is 2.26. The van der Waals surface area contributed by atoms with Crippen molar-refractivity contribution in [1.82, 2.24) is 0 Å². The first-order valence-corrected chi connectivity index (χ1v) is 6.28. The molecule has 1 aliphatic heterocycles. The van der Waals surface area contributed by atoms with Crippen molar-refractivity contribution in [1.29, 1.82) is 0 Å². The van der Waals surface area contributed by atoms with Gasteiger partial charge in [0, 0.05) is 29.4 Å². The second-order valence-electron chi connectivity index (χ2n) is 3.86. The SMILES string of the molecule is CCC(=O)N1CC/C(=N/O)c2cc(Br)ccc21. The smallest absolute Gasteiger partial charge is 0.226 e. The molecule has 1 heterocycles. The van der Waals surface area contributed by atoms with E-state index < -0.39 is 0 Å². The highest BCUT2D eigenvalue weighted by molar-refractivity contribution is 9.10. The molecule has 1 aromatic rings. The molecule has 4 nitrogen and oxygen atoms in total. The van der Waals surface area contributed by atoms with Gasteiger partial charge in [-0.05, 0) is 18.2 Å². The maximum absolute atomic E-state index is 11.8. The minimum Gasteiger partial charge on any atom is -0.411 e. The third kappa shape index (κ3) is 2.20. The molecule has 90 valence electrons. The van der Waals surface area contributed by atoms with Gasteiger partial charge in [-0.2, -0.15) is 0 Å². The highest BCUT2D eigenvalue weighted by Gasteiger charge is 2.25. The summed E-state index contributed by atoms with van der Waals surface area (Å²) >= 11 is 3.38. The summed E-state index contributed by atoms with van der Waals surface area (Å²) in [7, 11) is 0. The van der Waals surface area contributed by atoms with E-state index in [0.29, 0.717) is 25.1 Å². The average molecular weight is 297 g/mol. The van der Waals surface area contributed by atoms with Gasteiger partial charge in [0.1, 0.15) is 0 Å². The van der Waals surface area contributed by atoms with Crippen molar-refractivity contribution in [2.45, 2.75) is 19.8 Å². The van der Waals surface area contributed by atoms with E-state index in [1.807, 2.05) is 25.1 Å². The highest BCUT2D eigenvalue weighted by Crippen LogP contribution is 2.30. The van der Waals surface area contributed by atoms with Gasteiger partial charge in [-0.3, -0.25) is 4.79 Å². The third-order valence-corrected chi connectivity index (χ3v) is 3.35. The normalized spacial score (nSPS) is 17.1. The Morgan fingerprint density at radius 1 is 1.59 bits per heavy atom. The van der Waals surface area contributed by atoms with Crippen molar-refractivity contribution in [3.05, 3.63) is 28.2 Å². The number of oxime groups is 1. The van der Waals surface area contributed by atoms with Gasteiger partial charge in [-0.25, -0.2) is 0 Å². The minimum atomic E-state index is 0.0885. The number of hydrogen-bond acceptors (Lipinski definition) is 3. The van der Waals surface area contributed by atoms with E-state index in [1.54, 1.807) is 4.90 Å². The molecule has 0 spiro atoms. The molecular weight excluding hydrogens is 284 g/mol. The number of benzene rings is 1. The summed E-state index contributed by atoms with van der Waals surface area (Å²) in [6, 6.07) is 5.63. The minimum absolute atomic E-state index is 0.0885. The summed E-state index contributed by atoms with van der Waals surface area (Å²) in [5, 5.41) is 12.3. The molecule has 0 aliphatic carbocycles. The summed E-state index contributed by atoms with van der Waals surface area (Å²) in [5.74, 6) is 0.0885. The summed E-state index contributed by atoms with van der Waals surface area (Å²) in [6.07, 6.45) is 1.05. The fraction of sp³-hybridized carbons (Fsp3) is 0.333. The van der Waals surface area contributed by atoms with Crippen LogP contribution in [0.5, 0.6) is 0 Å². The second-order valence-corrected chi connectivity index (χ2v) is 4.77. The van der Waals surface area contributed by atoms with Crippen LogP contribution in [-0.2, 0) is 4.79 Å². The monoisotopic (exact) mass is 296 g/mol. The number of halogens is 1. The van der Waals surface area contributed by atoms with Crippen LogP contribution in [-0.4, -0.2) is 23.4 Å². The van der Waals surface area contributed by atoms with Crippen LogP contribution in [0.2, 0.25) is 0 Å². The van der Waals surface area contributed by atoms with Crippen LogP contribution in [0.25, 0.3) is 0 Å². The lowest BCUT2D eigenvalue weighted by atomic mass is 9.99. The Kier molecular flexibility index (Phi) is 3.47. The molecular formula is C12H13BrN2O2. The first-order chi connectivity index (χ1) is 8.17. The van der Waals surface area contributed by atoms with Crippen LogP contribution in [0.1, 0.15) is 25.3 Å². The van der Waals surface area contributed by atoms with E-state index in [2.05, 4.69) is 21.1 Å². The Morgan fingerprint density at radius 3 is 3.00 bits per heavy atom. The van der Waals surface area contributed by atoms with Gasteiger partial charge >= 0.3 is 0 Å². The highest BCUT2D eigenvalue weighted by atomic mass is 79.9. The molecule has 2 rings (SSSR count). The molecule has 0 bridgehead atoms. The molecule has 0 saturated heterocycles. The van der Waals surface area contributed by atoms with E-state index >= 15 is 0 Å². The number of fused-ring (bicyclic) bond motifs is 1. The van der Waals surface area contributed by atoms with Crippen molar-refractivity contribution < 1.29 is 10.0 Å². The van der Waals surface area contributed by atoms with Crippen LogP contribution in [0, 0.1) is 0 Å². The van der Waals surface area contributed by atoms with Gasteiger partial charge in [0.25, 0.3) is 0 Å². The van der Waals surface area contributed by atoms with E-state index in [9.17, 15) is 4.79 Å². The Bertz CT molecular complexity index is 485. The van der Waals surface area contributed by atoms with Crippen molar-refractivity contribution in [3.63, 3.8) is 0 Å². The topological polar surface area (TPSA) is 52.9 Å². The molecule has 0 aromatic heterocycles. The first-order valence-electron chi connectivity index (χ1n) is 5.48. The van der Waals surface area contributed by atoms with Crippen molar-refractivity contribution in [2.75, 3.05) is 11.4 Å². The number of carbonyl (C=O) groups is 1. The molecule has 0 saturated carbocycles. The molecule has 1 N–H and O–H groups in total. The third-order valence-electron chi connectivity index (χ3n) is 2.86. The zero-order valence-electron chi connectivity index (χ0n) is 9.48. The van der Waals surface area contributed by atoms with Crippen LogP contribution < -0.4 is 4.90 Å². The predicted molar refractivity (Wildman–Crippen MR) is 69.7 cm³/mol. The fourth-order valence-electron chi connectivity index (χ4n) is 2.00. The molecule has 1 aromatic carbocycles. The van der Waals surface area contributed by atoms with E-state index in [4.69, 9.17) is 5.21 Å². The lowest BCUT2D eigenvalue weighted by Crippen LogP contribution is -2.37. The van der Waals surface area contributed by atoms with E-state index in [1.165, 1.54) is 0 Å². The maximum Gasteiger partial charge on any atom is 0.226 e. The molecule has 5 heteroatoms. The molecule has 0 unspecified atom stereocenters. The molecule has 0 radical (unpaired) electrons.